The van der Waals surface area contributed by atoms with Crippen LogP contribution < -0.4 is 0 Å². The standard InChI is InChI=1S/C17H19NO2/c1-9-7-11(3)14-13(8-9)18-16-10(2)5-4-6-12(16)15(14)17(19)20/h7-8,10H,4-6H2,1-3H3,(H,19,20). The maximum absolute atomic E-state index is 11.8. The van der Waals surface area contributed by atoms with E-state index in [1.165, 1.54) is 0 Å². The number of aromatic carboxylic acids is 1. The maximum Gasteiger partial charge on any atom is 0.336 e. The first kappa shape index (κ1) is 13.1. The van der Waals surface area contributed by atoms with Gasteiger partial charge in [0.2, 0.25) is 0 Å². The van der Waals surface area contributed by atoms with Crippen LogP contribution in [0, 0.1) is 13.8 Å². The van der Waals surface area contributed by atoms with E-state index in [-0.39, 0.29) is 0 Å². The van der Waals surface area contributed by atoms with Gasteiger partial charge in [-0.25, -0.2) is 4.79 Å². The largest absolute Gasteiger partial charge is 0.478 e. The molecule has 3 nitrogen and oxygen atoms in total. The smallest absolute Gasteiger partial charge is 0.336 e. The quantitative estimate of drug-likeness (QED) is 0.851. The normalized spacial score (nSPS) is 18.1. The van der Waals surface area contributed by atoms with Gasteiger partial charge in [0, 0.05) is 11.1 Å². The molecule has 0 aliphatic heterocycles. The number of carboxylic acids is 1. The SMILES string of the molecule is Cc1cc(C)c2c(C(=O)O)c3c(nc2c1)C(C)CCC3. The van der Waals surface area contributed by atoms with Crippen LogP contribution in [0.1, 0.15) is 58.4 Å². The number of fused-ring (bicyclic) bond motifs is 2. The second-order valence-electron chi connectivity index (χ2n) is 5.92. The summed E-state index contributed by atoms with van der Waals surface area (Å²) in [5, 5.41) is 10.5. The number of hydrogen-bond acceptors (Lipinski definition) is 2. The van der Waals surface area contributed by atoms with Crippen LogP contribution in [-0.4, -0.2) is 16.1 Å². The number of carboxylic acid groups (broad SMARTS) is 1. The number of aromatic nitrogens is 1. The van der Waals surface area contributed by atoms with Crippen LogP contribution in [0.25, 0.3) is 10.9 Å². The monoisotopic (exact) mass is 269 g/mol. The number of nitrogens with zero attached hydrogens (tertiary/aromatic N) is 1. The number of aryl methyl sites for hydroxylation is 2. The summed E-state index contributed by atoms with van der Waals surface area (Å²) >= 11 is 0. The fraction of sp³-hybridized carbons (Fsp3) is 0.412. The molecule has 1 heterocycles. The molecule has 3 rings (SSSR count). The third kappa shape index (κ3) is 1.89. The molecule has 1 unspecified atom stereocenters. The highest BCUT2D eigenvalue weighted by Gasteiger charge is 2.26. The predicted octanol–water partition coefficient (Wildman–Crippen LogP) is 3.99. The lowest BCUT2D eigenvalue weighted by Crippen LogP contribution is -2.16. The van der Waals surface area contributed by atoms with Gasteiger partial charge in [0.25, 0.3) is 0 Å². The van der Waals surface area contributed by atoms with Crippen molar-refractivity contribution in [2.24, 2.45) is 0 Å². The predicted molar refractivity (Wildman–Crippen MR) is 79.5 cm³/mol. The van der Waals surface area contributed by atoms with E-state index in [9.17, 15) is 9.90 Å². The average molecular weight is 269 g/mol. The van der Waals surface area contributed by atoms with E-state index < -0.39 is 5.97 Å². The molecule has 1 N–H and O–H groups in total. The Kier molecular flexibility index (Phi) is 3.00. The lowest BCUT2D eigenvalue weighted by Gasteiger charge is -2.24. The summed E-state index contributed by atoms with van der Waals surface area (Å²) in [6, 6.07) is 4.03. The number of hydrogen-bond donors (Lipinski definition) is 1. The van der Waals surface area contributed by atoms with Crippen molar-refractivity contribution < 1.29 is 9.90 Å². The number of rotatable bonds is 1. The minimum absolute atomic E-state index is 0.349. The molecule has 20 heavy (non-hydrogen) atoms. The van der Waals surface area contributed by atoms with E-state index >= 15 is 0 Å². The van der Waals surface area contributed by atoms with Gasteiger partial charge in [-0.3, -0.25) is 4.98 Å². The molecule has 1 aromatic carbocycles. The van der Waals surface area contributed by atoms with Gasteiger partial charge < -0.3 is 5.11 Å². The molecule has 0 amide bonds. The van der Waals surface area contributed by atoms with E-state index in [2.05, 4.69) is 6.92 Å². The lowest BCUT2D eigenvalue weighted by atomic mass is 9.83. The Morgan fingerprint density at radius 2 is 2.10 bits per heavy atom. The summed E-state index contributed by atoms with van der Waals surface area (Å²) in [6.45, 7) is 6.14. The Hall–Kier alpha value is -1.90. The average Bonchev–Trinajstić information content (AvgIpc) is 2.37. The fourth-order valence-corrected chi connectivity index (χ4v) is 3.45. The lowest BCUT2D eigenvalue weighted by molar-refractivity contribution is 0.0697. The summed E-state index contributed by atoms with van der Waals surface area (Å²) in [5.74, 6) is -0.475. The molecule has 0 bridgehead atoms. The summed E-state index contributed by atoms with van der Waals surface area (Å²) in [7, 11) is 0. The van der Waals surface area contributed by atoms with Crippen molar-refractivity contribution >= 4 is 16.9 Å². The molecule has 0 spiro atoms. The summed E-state index contributed by atoms with van der Waals surface area (Å²) in [4.78, 5) is 16.6. The van der Waals surface area contributed by atoms with Gasteiger partial charge in [-0.05, 0) is 61.8 Å². The van der Waals surface area contributed by atoms with Crippen molar-refractivity contribution in [3.05, 3.63) is 40.1 Å². The van der Waals surface area contributed by atoms with Gasteiger partial charge >= 0.3 is 5.97 Å². The number of pyridine rings is 1. The highest BCUT2D eigenvalue weighted by atomic mass is 16.4. The first-order valence-electron chi connectivity index (χ1n) is 7.16. The third-order valence-corrected chi connectivity index (χ3v) is 4.31. The Balaban J connectivity index is 2.47. The van der Waals surface area contributed by atoms with Gasteiger partial charge in [-0.15, -0.1) is 0 Å². The number of carbonyl (C=O) groups is 1. The van der Waals surface area contributed by atoms with E-state index in [0.717, 1.165) is 52.5 Å². The van der Waals surface area contributed by atoms with Crippen LogP contribution >= 0.6 is 0 Å². The minimum atomic E-state index is -0.824. The highest BCUT2D eigenvalue weighted by molar-refractivity contribution is 6.05. The van der Waals surface area contributed by atoms with E-state index in [1.54, 1.807) is 0 Å². The molecule has 104 valence electrons. The third-order valence-electron chi connectivity index (χ3n) is 4.31. The highest BCUT2D eigenvalue weighted by Crippen LogP contribution is 2.36. The molecule has 1 atom stereocenters. The Bertz CT molecular complexity index is 719. The van der Waals surface area contributed by atoms with E-state index in [4.69, 9.17) is 4.98 Å². The number of benzene rings is 1. The van der Waals surface area contributed by atoms with Crippen molar-refractivity contribution in [3.8, 4) is 0 Å². The molecule has 2 aromatic rings. The van der Waals surface area contributed by atoms with Crippen LogP contribution in [0.4, 0.5) is 0 Å². The minimum Gasteiger partial charge on any atom is -0.478 e. The van der Waals surface area contributed by atoms with Crippen LogP contribution in [0.3, 0.4) is 0 Å². The molecule has 3 heteroatoms. The molecule has 0 saturated heterocycles. The molecular formula is C17H19NO2. The van der Waals surface area contributed by atoms with Gasteiger partial charge in [0.05, 0.1) is 11.1 Å². The van der Waals surface area contributed by atoms with Crippen molar-refractivity contribution in [3.63, 3.8) is 0 Å². The first-order chi connectivity index (χ1) is 9.49. The molecule has 0 saturated carbocycles. The second kappa shape index (κ2) is 4.58. The van der Waals surface area contributed by atoms with Crippen molar-refractivity contribution in [2.75, 3.05) is 0 Å². The zero-order chi connectivity index (χ0) is 14.4. The summed E-state index contributed by atoms with van der Waals surface area (Å²) in [6.07, 6.45) is 2.97. The summed E-state index contributed by atoms with van der Waals surface area (Å²) < 4.78 is 0. The molecule has 0 fully saturated rings. The second-order valence-corrected chi connectivity index (χ2v) is 5.92. The van der Waals surface area contributed by atoms with Gasteiger partial charge in [0.1, 0.15) is 0 Å². The van der Waals surface area contributed by atoms with Crippen molar-refractivity contribution in [1.82, 2.24) is 4.98 Å². The molecule has 1 aliphatic carbocycles. The van der Waals surface area contributed by atoms with Gasteiger partial charge in [-0.1, -0.05) is 13.0 Å². The van der Waals surface area contributed by atoms with E-state index in [1.807, 2.05) is 26.0 Å². The Morgan fingerprint density at radius 3 is 2.80 bits per heavy atom. The van der Waals surface area contributed by atoms with Crippen LogP contribution in [0.5, 0.6) is 0 Å². The van der Waals surface area contributed by atoms with Crippen LogP contribution in [-0.2, 0) is 6.42 Å². The molecule has 0 radical (unpaired) electrons. The topological polar surface area (TPSA) is 50.2 Å². The zero-order valence-electron chi connectivity index (χ0n) is 12.2. The Morgan fingerprint density at radius 1 is 1.35 bits per heavy atom. The Labute approximate surface area is 118 Å². The zero-order valence-corrected chi connectivity index (χ0v) is 12.2. The van der Waals surface area contributed by atoms with E-state index in [0.29, 0.717) is 11.5 Å². The maximum atomic E-state index is 11.8. The fourth-order valence-electron chi connectivity index (χ4n) is 3.45. The molecule has 1 aromatic heterocycles. The van der Waals surface area contributed by atoms with Crippen LogP contribution in [0.15, 0.2) is 12.1 Å². The molecular weight excluding hydrogens is 250 g/mol. The van der Waals surface area contributed by atoms with Crippen molar-refractivity contribution in [2.45, 2.75) is 46.0 Å². The summed E-state index contributed by atoms with van der Waals surface area (Å²) in [5.41, 5.74) is 5.39. The van der Waals surface area contributed by atoms with Crippen LogP contribution in [0.2, 0.25) is 0 Å². The van der Waals surface area contributed by atoms with Gasteiger partial charge in [-0.2, -0.15) is 0 Å². The first-order valence-corrected chi connectivity index (χ1v) is 7.16. The van der Waals surface area contributed by atoms with Gasteiger partial charge in [0.15, 0.2) is 0 Å². The van der Waals surface area contributed by atoms with Crippen molar-refractivity contribution in [1.29, 1.82) is 0 Å². The molecule has 1 aliphatic rings.